The molecule has 0 amide bonds. The molecule has 0 aliphatic carbocycles. The molecule has 0 fully saturated rings. The number of nitrogens with zero attached hydrogens (tertiary/aromatic N) is 2. The Kier molecular flexibility index (Phi) is 20.6. The zero-order valence-electron chi connectivity index (χ0n) is 25.3. The van der Waals surface area contributed by atoms with E-state index >= 15 is 0 Å². The summed E-state index contributed by atoms with van der Waals surface area (Å²) in [5.74, 6) is -0.145. The number of carbonyl (C=O) groups is 1. The largest absolute Gasteiger partial charge is 0.501 e. The number of carbonyl (C=O) groups excluding carboxylic acids is 1. The van der Waals surface area contributed by atoms with E-state index in [9.17, 15) is 48.0 Å². The first-order valence-electron chi connectivity index (χ1n) is 13.4. The molecule has 43 heavy (non-hydrogen) atoms. The SMILES string of the molecule is CCCO[Si](CCCNCCC(=O)OCC[N+](C)(C)C)(OCCC)OCCC.O=S(=O)([N-]S(=O)(=O)C(F)(F)F)C(F)(F)F. The summed E-state index contributed by atoms with van der Waals surface area (Å²) in [7, 11) is -9.81. The van der Waals surface area contributed by atoms with E-state index in [2.05, 4.69) is 47.2 Å². The van der Waals surface area contributed by atoms with Gasteiger partial charge in [-0.05, 0) is 32.2 Å². The number of hydrogen-bond donors (Lipinski definition) is 1. The molecule has 0 heterocycles. The molecular weight excluding hydrogens is 656 g/mol. The Morgan fingerprint density at radius 3 is 1.53 bits per heavy atom. The number of halogens is 6. The maximum atomic E-state index is 11.8. The normalized spacial score (nSPS) is 13.4. The average Bonchev–Trinajstić information content (AvgIpc) is 2.84. The van der Waals surface area contributed by atoms with Gasteiger partial charge in [0.25, 0.3) is 0 Å². The summed E-state index contributed by atoms with van der Waals surface area (Å²) in [6.07, 6.45) is 4.15. The molecule has 0 rings (SSSR count). The monoisotopic (exact) mass is 701 g/mol. The number of hydrogen-bond acceptors (Lipinski definition) is 10. The van der Waals surface area contributed by atoms with Crippen LogP contribution in [-0.4, -0.2) is 114 Å². The van der Waals surface area contributed by atoms with Gasteiger partial charge in [0.15, 0.2) is 20.0 Å². The number of quaternary nitrogens is 1. The van der Waals surface area contributed by atoms with Crippen molar-refractivity contribution in [2.45, 2.75) is 69.9 Å². The minimum Gasteiger partial charge on any atom is -0.460 e. The summed E-state index contributed by atoms with van der Waals surface area (Å²) < 4.78 is 134. The van der Waals surface area contributed by atoms with Crippen LogP contribution < -0.4 is 5.32 Å². The lowest BCUT2D eigenvalue weighted by molar-refractivity contribution is -0.870. The molecule has 0 aromatic carbocycles. The molecule has 12 nitrogen and oxygen atoms in total. The minimum absolute atomic E-state index is 0.145. The minimum atomic E-state index is -6.72. The second-order valence-electron chi connectivity index (χ2n) is 9.98. The fourth-order valence-electron chi connectivity index (χ4n) is 2.58. The first kappa shape index (κ1) is 44.1. The Hall–Kier alpha value is -1.07. The maximum absolute atomic E-state index is 11.8. The van der Waals surface area contributed by atoms with Crippen LogP contribution in [-0.2, 0) is 42.9 Å². The first-order valence-corrected chi connectivity index (χ1v) is 18.3. The Labute approximate surface area is 251 Å². The standard InChI is InChI=1S/C20H45N2O5Si.C2F6NO4S2/c1-7-15-25-28(26-16-8-2,27-17-9-3)19-10-12-21-13-11-20(23)24-18-14-22(4,5)6;3-1(4,5)14(10,11)9-15(12,13)2(6,7)8/h21H,7-19H2,1-6H3;/q+1;-1. The van der Waals surface area contributed by atoms with Crippen molar-refractivity contribution >= 4 is 34.8 Å². The van der Waals surface area contributed by atoms with E-state index < -0.39 is 39.9 Å². The van der Waals surface area contributed by atoms with Crippen LogP contribution in [0.3, 0.4) is 0 Å². The zero-order valence-corrected chi connectivity index (χ0v) is 28.0. The summed E-state index contributed by atoms with van der Waals surface area (Å²) in [5, 5.41) is 3.31. The van der Waals surface area contributed by atoms with Gasteiger partial charge in [-0.25, -0.2) is 16.8 Å². The highest BCUT2D eigenvalue weighted by atomic mass is 32.3. The quantitative estimate of drug-likeness (QED) is 0.0615. The summed E-state index contributed by atoms with van der Waals surface area (Å²) >= 11 is 0. The van der Waals surface area contributed by atoms with Crippen molar-refractivity contribution in [2.24, 2.45) is 0 Å². The van der Waals surface area contributed by atoms with Crippen molar-refractivity contribution in [2.75, 3.05) is 67.2 Å². The fraction of sp³-hybridized carbons (Fsp3) is 0.955. The molecule has 21 heteroatoms. The van der Waals surface area contributed by atoms with Crippen molar-refractivity contribution in [3.63, 3.8) is 0 Å². The third kappa shape index (κ3) is 20.6. The third-order valence-electron chi connectivity index (χ3n) is 4.73. The van der Waals surface area contributed by atoms with Crippen molar-refractivity contribution in [3.05, 3.63) is 4.13 Å². The number of alkyl halides is 6. The van der Waals surface area contributed by atoms with E-state index in [1.165, 1.54) is 0 Å². The molecule has 0 spiro atoms. The highest BCUT2D eigenvalue weighted by Crippen LogP contribution is 2.36. The van der Waals surface area contributed by atoms with Gasteiger partial charge in [0.2, 0.25) is 0 Å². The summed E-state index contributed by atoms with van der Waals surface area (Å²) in [4.78, 5) is 11.8. The van der Waals surface area contributed by atoms with E-state index in [0.29, 0.717) is 39.4 Å². The van der Waals surface area contributed by atoms with Crippen molar-refractivity contribution in [1.29, 1.82) is 0 Å². The Morgan fingerprint density at radius 2 is 1.19 bits per heavy atom. The van der Waals surface area contributed by atoms with Crippen LogP contribution in [0.1, 0.15) is 52.9 Å². The van der Waals surface area contributed by atoms with E-state index in [1.54, 1.807) is 0 Å². The van der Waals surface area contributed by atoms with Crippen LogP contribution in [0.15, 0.2) is 0 Å². The lowest BCUT2D eigenvalue weighted by Crippen LogP contribution is -2.47. The Bertz CT molecular complexity index is 930. The van der Waals surface area contributed by atoms with E-state index in [1.807, 2.05) is 0 Å². The second kappa shape index (κ2) is 20.1. The van der Waals surface area contributed by atoms with E-state index in [0.717, 1.165) is 53.4 Å². The van der Waals surface area contributed by atoms with Gasteiger partial charge in [0.1, 0.15) is 13.2 Å². The molecule has 0 bridgehead atoms. The number of nitrogens with one attached hydrogen (secondary N) is 1. The number of ether oxygens (including phenoxy) is 1. The summed E-state index contributed by atoms with van der Waals surface area (Å²) in [6.45, 7) is 11.0. The summed E-state index contributed by atoms with van der Waals surface area (Å²) in [5.41, 5.74) is -12.4. The van der Waals surface area contributed by atoms with Gasteiger partial charge in [-0.15, -0.1) is 0 Å². The molecule has 0 unspecified atom stereocenters. The van der Waals surface area contributed by atoms with Crippen LogP contribution in [0.25, 0.3) is 4.13 Å². The second-order valence-corrected chi connectivity index (χ2v) is 16.1. The average molecular weight is 702 g/mol. The predicted molar refractivity (Wildman–Crippen MR) is 149 cm³/mol. The topological polar surface area (TPSA) is 148 Å². The smallest absolute Gasteiger partial charge is 0.460 e. The van der Waals surface area contributed by atoms with Crippen LogP contribution in [0.4, 0.5) is 26.3 Å². The predicted octanol–water partition coefficient (Wildman–Crippen LogP) is 3.88. The number of esters is 1. The van der Waals surface area contributed by atoms with Gasteiger partial charge in [-0.1, -0.05) is 20.8 Å². The molecule has 0 atom stereocenters. The molecule has 0 aromatic rings. The van der Waals surface area contributed by atoms with Gasteiger partial charge in [0, 0.05) is 32.4 Å². The van der Waals surface area contributed by atoms with Gasteiger partial charge in [0.05, 0.1) is 27.6 Å². The van der Waals surface area contributed by atoms with Crippen molar-refractivity contribution in [3.8, 4) is 0 Å². The first-order chi connectivity index (χ1) is 19.5. The number of sulfonamides is 2. The lowest BCUT2D eigenvalue weighted by Gasteiger charge is -2.29. The van der Waals surface area contributed by atoms with Gasteiger partial charge >= 0.3 is 25.8 Å². The Morgan fingerprint density at radius 1 is 0.767 bits per heavy atom. The molecule has 0 saturated heterocycles. The van der Waals surface area contributed by atoms with Gasteiger partial charge < -0.3 is 31.9 Å². The van der Waals surface area contributed by atoms with Crippen LogP contribution in [0.2, 0.25) is 6.04 Å². The highest BCUT2D eigenvalue weighted by molar-refractivity contribution is 8.13. The van der Waals surface area contributed by atoms with E-state index in [-0.39, 0.29) is 5.97 Å². The van der Waals surface area contributed by atoms with Crippen LogP contribution in [0.5, 0.6) is 0 Å². The van der Waals surface area contributed by atoms with Gasteiger partial charge in [-0.2, -0.15) is 26.3 Å². The number of rotatable bonds is 21. The molecule has 1 N–H and O–H groups in total. The molecule has 0 aromatic heterocycles. The molecule has 0 saturated carbocycles. The van der Waals surface area contributed by atoms with Crippen molar-refractivity contribution < 1.29 is 70.5 Å². The zero-order chi connectivity index (χ0) is 34.0. The van der Waals surface area contributed by atoms with Crippen LogP contribution in [0, 0.1) is 0 Å². The van der Waals surface area contributed by atoms with E-state index in [4.69, 9.17) is 18.0 Å². The fourth-order valence-corrected chi connectivity index (χ4v) is 7.13. The molecule has 260 valence electrons. The maximum Gasteiger partial charge on any atom is 0.501 e. The van der Waals surface area contributed by atoms with Gasteiger partial charge in [-0.3, -0.25) is 4.79 Å². The summed E-state index contributed by atoms with van der Waals surface area (Å²) in [6, 6.07) is 0.800. The highest BCUT2D eigenvalue weighted by Gasteiger charge is 2.47. The lowest BCUT2D eigenvalue weighted by atomic mass is 10.4. The third-order valence-corrected chi connectivity index (χ3v) is 10.4. The number of likely N-dealkylation sites (N-methyl/N-ethyl adjacent to an activating group) is 1. The molecule has 0 aliphatic rings. The molecule has 0 radical (unpaired) electrons. The van der Waals surface area contributed by atoms with Crippen LogP contribution >= 0.6 is 0 Å². The molecule has 0 aliphatic heterocycles. The van der Waals surface area contributed by atoms with Crippen molar-refractivity contribution in [1.82, 2.24) is 5.32 Å². The Balaban J connectivity index is 0. The molecular formula is C22H45F6N3O9S2Si.